The smallest absolute Gasteiger partial charge is 0.196 e. The van der Waals surface area contributed by atoms with Crippen molar-refractivity contribution in [3.63, 3.8) is 0 Å². The van der Waals surface area contributed by atoms with Gasteiger partial charge in [-0.1, -0.05) is 66.7 Å². The van der Waals surface area contributed by atoms with E-state index in [4.69, 9.17) is 4.74 Å². The maximum absolute atomic E-state index is 13.4. The van der Waals surface area contributed by atoms with Crippen LogP contribution in [0.15, 0.2) is 78.9 Å². The first-order valence-electron chi connectivity index (χ1n) is 8.79. The second-order valence-electron chi connectivity index (χ2n) is 6.52. The molecule has 3 aromatic carbocycles. The van der Waals surface area contributed by atoms with Gasteiger partial charge in [0.25, 0.3) is 0 Å². The quantitative estimate of drug-likeness (QED) is 0.707. The highest BCUT2D eigenvalue weighted by atomic mass is 16.5. The summed E-state index contributed by atoms with van der Waals surface area (Å²) in [6.07, 6.45) is 0. The largest absolute Gasteiger partial charge is 0.497 e. The van der Waals surface area contributed by atoms with Gasteiger partial charge in [0.1, 0.15) is 5.75 Å². The van der Waals surface area contributed by atoms with Crippen molar-refractivity contribution < 1.29 is 14.3 Å². The third-order valence-corrected chi connectivity index (χ3v) is 5.00. The van der Waals surface area contributed by atoms with Gasteiger partial charge < -0.3 is 4.74 Å². The summed E-state index contributed by atoms with van der Waals surface area (Å²) in [5.41, 5.74) is 1.10. The van der Waals surface area contributed by atoms with E-state index in [1.54, 1.807) is 31.4 Å². The van der Waals surface area contributed by atoms with Crippen LogP contribution in [-0.4, -0.2) is 18.7 Å². The van der Waals surface area contributed by atoms with Gasteiger partial charge >= 0.3 is 0 Å². The first-order valence-corrected chi connectivity index (χ1v) is 8.79. The Morgan fingerprint density at radius 2 is 1.44 bits per heavy atom. The molecule has 4 rings (SSSR count). The number of Topliss-reactive ketones (excluding diaryl/α,β-unsaturated/α-hetero) is 2. The molecule has 0 saturated carbocycles. The van der Waals surface area contributed by atoms with Crippen LogP contribution in [0.3, 0.4) is 0 Å². The van der Waals surface area contributed by atoms with E-state index in [2.05, 4.69) is 5.32 Å². The molecule has 4 heteroatoms. The zero-order valence-electron chi connectivity index (χ0n) is 14.9. The number of rotatable bonds is 5. The van der Waals surface area contributed by atoms with E-state index in [9.17, 15) is 9.59 Å². The molecule has 0 fully saturated rings. The minimum absolute atomic E-state index is 0.211. The predicted molar refractivity (Wildman–Crippen MR) is 103 cm³/mol. The maximum Gasteiger partial charge on any atom is 0.196 e. The molecule has 0 aliphatic heterocycles. The Hall–Kier alpha value is -3.24. The van der Waals surface area contributed by atoms with Crippen molar-refractivity contribution >= 4 is 11.6 Å². The molecule has 0 unspecified atom stereocenters. The van der Waals surface area contributed by atoms with Crippen molar-refractivity contribution in [3.8, 4) is 5.75 Å². The molecule has 0 spiro atoms. The molecule has 4 nitrogen and oxygen atoms in total. The van der Waals surface area contributed by atoms with E-state index in [1.807, 2.05) is 54.6 Å². The SMILES string of the molecule is COc1cccc(CNC2(c3ccccc3)C(=O)c3ccccc3C2=O)c1. The fraction of sp³-hybridized carbons (Fsp3) is 0.130. The topological polar surface area (TPSA) is 55.4 Å². The molecular formula is C23H19NO3. The number of hydrogen-bond acceptors (Lipinski definition) is 4. The third kappa shape index (κ3) is 2.75. The van der Waals surface area contributed by atoms with Gasteiger partial charge in [-0.15, -0.1) is 0 Å². The minimum atomic E-state index is -1.41. The van der Waals surface area contributed by atoms with E-state index in [0.29, 0.717) is 23.2 Å². The van der Waals surface area contributed by atoms with Gasteiger partial charge in [-0.05, 0) is 23.3 Å². The number of benzene rings is 3. The van der Waals surface area contributed by atoms with Crippen LogP contribution in [-0.2, 0) is 12.1 Å². The molecule has 27 heavy (non-hydrogen) atoms. The van der Waals surface area contributed by atoms with E-state index in [1.165, 1.54) is 0 Å². The Morgan fingerprint density at radius 1 is 0.815 bits per heavy atom. The monoisotopic (exact) mass is 357 g/mol. The Morgan fingerprint density at radius 3 is 2.07 bits per heavy atom. The van der Waals surface area contributed by atoms with E-state index >= 15 is 0 Å². The Bertz CT molecular complexity index is 976. The molecule has 0 aromatic heterocycles. The van der Waals surface area contributed by atoms with Gasteiger partial charge in [-0.3, -0.25) is 14.9 Å². The lowest BCUT2D eigenvalue weighted by Gasteiger charge is -2.28. The number of carbonyl (C=O) groups is 2. The number of ether oxygens (including phenoxy) is 1. The fourth-order valence-electron chi connectivity index (χ4n) is 3.62. The van der Waals surface area contributed by atoms with Crippen LogP contribution in [0.25, 0.3) is 0 Å². The van der Waals surface area contributed by atoms with E-state index in [0.717, 1.165) is 11.3 Å². The van der Waals surface area contributed by atoms with Crippen LogP contribution in [0.4, 0.5) is 0 Å². The summed E-state index contributed by atoms with van der Waals surface area (Å²) in [6.45, 7) is 0.359. The number of hydrogen-bond donors (Lipinski definition) is 1. The van der Waals surface area contributed by atoms with Gasteiger partial charge in [0.05, 0.1) is 7.11 Å². The first-order chi connectivity index (χ1) is 13.2. The van der Waals surface area contributed by atoms with Crippen LogP contribution in [0.5, 0.6) is 5.75 Å². The van der Waals surface area contributed by atoms with Crippen molar-refractivity contribution in [2.75, 3.05) is 7.11 Å². The van der Waals surface area contributed by atoms with Crippen LogP contribution in [0.1, 0.15) is 31.8 Å². The number of fused-ring (bicyclic) bond motifs is 1. The Labute approximate surface area is 157 Å². The molecule has 0 radical (unpaired) electrons. The zero-order valence-corrected chi connectivity index (χ0v) is 14.9. The average molecular weight is 357 g/mol. The lowest BCUT2D eigenvalue weighted by molar-refractivity contribution is 0.0752. The summed E-state index contributed by atoms with van der Waals surface area (Å²) in [6, 6.07) is 23.8. The molecule has 134 valence electrons. The summed E-state index contributed by atoms with van der Waals surface area (Å²) >= 11 is 0. The van der Waals surface area contributed by atoms with Crippen LogP contribution in [0.2, 0.25) is 0 Å². The minimum Gasteiger partial charge on any atom is -0.497 e. The van der Waals surface area contributed by atoms with Crippen LogP contribution in [0, 0.1) is 0 Å². The van der Waals surface area contributed by atoms with Crippen molar-refractivity contribution in [1.82, 2.24) is 5.32 Å². The van der Waals surface area contributed by atoms with Crippen LogP contribution < -0.4 is 10.1 Å². The summed E-state index contributed by atoms with van der Waals surface area (Å²) in [4.78, 5) is 26.7. The molecule has 1 aliphatic carbocycles. The third-order valence-electron chi connectivity index (χ3n) is 5.00. The highest BCUT2D eigenvalue weighted by Crippen LogP contribution is 2.38. The fourth-order valence-corrected chi connectivity index (χ4v) is 3.62. The van der Waals surface area contributed by atoms with E-state index < -0.39 is 5.54 Å². The van der Waals surface area contributed by atoms with Gasteiger partial charge in [0.15, 0.2) is 17.1 Å². The maximum atomic E-state index is 13.4. The lowest BCUT2D eigenvalue weighted by Crippen LogP contribution is -2.51. The molecule has 0 amide bonds. The van der Waals surface area contributed by atoms with Gasteiger partial charge in [0, 0.05) is 17.7 Å². The highest BCUT2D eigenvalue weighted by Gasteiger charge is 2.53. The molecule has 0 bridgehead atoms. The Balaban J connectivity index is 1.77. The second kappa shape index (κ2) is 6.82. The molecule has 1 N–H and O–H groups in total. The molecular weight excluding hydrogens is 338 g/mol. The molecule has 1 aliphatic rings. The number of carbonyl (C=O) groups excluding carboxylic acids is 2. The predicted octanol–water partition coefficient (Wildman–Crippen LogP) is 3.76. The van der Waals surface area contributed by atoms with Crippen molar-refractivity contribution in [1.29, 1.82) is 0 Å². The molecule has 0 heterocycles. The summed E-state index contributed by atoms with van der Waals surface area (Å²) in [5, 5.41) is 3.27. The van der Waals surface area contributed by atoms with Crippen molar-refractivity contribution in [3.05, 3.63) is 101 Å². The standard InChI is InChI=1S/C23H19NO3/c1-27-18-11-7-8-16(14-18)15-24-23(17-9-3-2-4-10-17)21(25)19-12-5-6-13-20(19)22(23)26/h2-14,24H,15H2,1H3. The number of methoxy groups -OCH3 is 1. The Kier molecular flexibility index (Phi) is 4.34. The second-order valence-corrected chi connectivity index (χ2v) is 6.52. The number of nitrogens with one attached hydrogen (secondary N) is 1. The van der Waals surface area contributed by atoms with E-state index in [-0.39, 0.29) is 11.6 Å². The molecule has 3 aromatic rings. The van der Waals surface area contributed by atoms with Gasteiger partial charge in [-0.25, -0.2) is 0 Å². The zero-order chi connectivity index (χ0) is 18.9. The first kappa shape index (κ1) is 17.2. The van der Waals surface area contributed by atoms with Gasteiger partial charge in [0.2, 0.25) is 0 Å². The van der Waals surface area contributed by atoms with Crippen LogP contribution >= 0.6 is 0 Å². The van der Waals surface area contributed by atoms with Crippen molar-refractivity contribution in [2.45, 2.75) is 12.1 Å². The molecule has 0 atom stereocenters. The average Bonchev–Trinajstić information content (AvgIpc) is 2.95. The van der Waals surface area contributed by atoms with Crippen molar-refractivity contribution in [2.24, 2.45) is 0 Å². The highest BCUT2D eigenvalue weighted by molar-refractivity contribution is 6.32. The number of ketones is 2. The summed E-state index contributed by atoms with van der Waals surface area (Å²) in [5.74, 6) is 0.310. The van der Waals surface area contributed by atoms with Gasteiger partial charge in [-0.2, -0.15) is 0 Å². The normalized spacial score (nSPS) is 14.9. The molecule has 0 saturated heterocycles. The summed E-state index contributed by atoms with van der Waals surface area (Å²) in [7, 11) is 1.61. The summed E-state index contributed by atoms with van der Waals surface area (Å²) < 4.78 is 5.27. The lowest BCUT2D eigenvalue weighted by atomic mass is 9.84.